The summed E-state index contributed by atoms with van der Waals surface area (Å²) < 4.78 is 0. The van der Waals surface area contributed by atoms with E-state index in [1.807, 2.05) is 45.0 Å². The van der Waals surface area contributed by atoms with Crippen LogP contribution in [0, 0.1) is 6.92 Å². The molecule has 1 aromatic carbocycles. The lowest BCUT2D eigenvalue weighted by molar-refractivity contribution is 0.399. The van der Waals surface area contributed by atoms with Crippen LogP contribution in [0.15, 0.2) is 30.6 Å². The monoisotopic (exact) mass is 206 g/mol. The Balaban J connectivity index is 0.000000442. The van der Waals surface area contributed by atoms with Crippen molar-refractivity contribution < 1.29 is 5.11 Å². The van der Waals surface area contributed by atoms with Gasteiger partial charge in [-0.1, -0.05) is 32.0 Å². The van der Waals surface area contributed by atoms with Crippen molar-refractivity contribution >= 4 is 10.9 Å². The van der Waals surface area contributed by atoms with E-state index in [0.29, 0.717) is 0 Å². The molecule has 0 aliphatic rings. The minimum Gasteiger partial charge on any atom is -0.400 e. The molecule has 3 heteroatoms. The summed E-state index contributed by atoms with van der Waals surface area (Å²) in [7, 11) is 1.00. The molecule has 0 saturated carbocycles. The van der Waals surface area contributed by atoms with Crippen LogP contribution in [0.1, 0.15) is 19.5 Å². The lowest BCUT2D eigenvalue weighted by atomic mass is 10.2. The number of benzene rings is 1. The molecule has 1 aromatic heterocycles. The minimum absolute atomic E-state index is 1.00. The zero-order valence-corrected chi connectivity index (χ0v) is 9.73. The number of hydrogen-bond acceptors (Lipinski definition) is 3. The number of aryl methyl sites for hydroxylation is 1. The van der Waals surface area contributed by atoms with Gasteiger partial charge in [0, 0.05) is 18.2 Å². The molecule has 0 atom stereocenters. The highest BCUT2D eigenvalue weighted by Gasteiger charge is 1.94. The number of aromatic nitrogens is 2. The third kappa shape index (κ3) is 3.64. The van der Waals surface area contributed by atoms with E-state index >= 15 is 0 Å². The minimum atomic E-state index is 1.00. The Morgan fingerprint density at radius 1 is 1.00 bits per heavy atom. The molecule has 2 aromatic rings. The van der Waals surface area contributed by atoms with Crippen LogP contribution in [0.5, 0.6) is 0 Å². The fourth-order valence-corrected chi connectivity index (χ4v) is 1.14. The summed E-state index contributed by atoms with van der Waals surface area (Å²) in [5.74, 6) is 0. The Morgan fingerprint density at radius 2 is 1.60 bits per heavy atom. The van der Waals surface area contributed by atoms with Crippen LogP contribution in [0.2, 0.25) is 0 Å². The predicted molar refractivity (Wildman–Crippen MR) is 63.8 cm³/mol. The molecule has 2 rings (SSSR count). The molecule has 3 nitrogen and oxygen atoms in total. The molecule has 0 fully saturated rings. The Kier molecular flexibility index (Phi) is 7.10. The van der Waals surface area contributed by atoms with Crippen LogP contribution in [0.4, 0.5) is 0 Å². The molecular weight excluding hydrogens is 188 g/mol. The quantitative estimate of drug-likeness (QED) is 0.720. The maximum atomic E-state index is 7.00. The van der Waals surface area contributed by atoms with E-state index in [2.05, 4.69) is 9.97 Å². The number of nitrogens with zero attached hydrogens (tertiary/aromatic N) is 2. The fourth-order valence-electron chi connectivity index (χ4n) is 1.14. The second kappa shape index (κ2) is 7.88. The van der Waals surface area contributed by atoms with Gasteiger partial charge in [-0.25, -0.2) is 9.97 Å². The summed E-state index contributed by atoms with van der Waals surface area (Å²) in [6.45, 7) is 5.99. The number of rotatable bonds is 0. The molecule has 0 unspecified atom stereocenters. The summed E-state index contributed by atoms with van der Waals surface area (Å²) in [4.78, 5) is 8.23. The highest BCUT2D eigenvalue weighted by molar-refractivity contribution is 5.80. The maximum Gasteiger partial charge on any atom is 0.116 e. The zero-order chi connectivity index (χ0) is 11.7. The molecular formula is C12H18N2O. The topological polar surface area (TPSA) is 46.0 Å². The van der Waals surface area contributed by atoms with Crippen molar-refractivity contribution in [2.45, 2.75) is 20.8 Å². The van der Waals surface area contributed by atoms with E-state index in [9.17, 15) is 0 Å². The smallest absolute Gasteiger partial charge is 0.116 e. The molecule has 0 amide bonds. The SMILES string of the molecule is CC.CO.Cc1ncnc2ccccc12. The van der Waals surface area contributed by atoms with Gasteiger partial charge in [0.1, 0.15) is 6.33 Å². The van der Waals surface area contributed by atoms with E-state index in [0.717, 1.165) is 23.7 Å². The van der Waals surface area contributed by atoms with Crippen molar-refractivity contribution in [3.8, 4) is 0 Å². The lowest BCUT2D eigenvalue weighted by Crippen LogP contribution is -1.85. The summed E-state index contributed by atoms with van der Waals surface area (Å²) in [5, 5.41) is 8.13. The maximum absolute atomic E-state index is 7.00. The molecule has 1 N–H and O–H groups in total. The first-order valence-corrected chi connectivity index (χ1v) is 4.99. The highest BCUT2D eigenvalue weighted by Crippen LogP contribution is 2.11. The van der Waals surface area contributed by atoms with Crippen molar-refractivity contribution in [3.63, 3.8) is 0 Å². The van der Waals surface area contributed by atoms with Gasteiger partial charge in [-0.05, 0) is 13.0 Å². The molecule has 82 valence electrons. The van der Waals surface area contributed by atoms with Gasteiger partial charge in [-0.3, -0.25) is 0 Å². The van der Waals surface area contributed by atoms with Gasteiger partial charge in [-0.2, -0.15) is 0 Å². The summed E-state index contributed by atoms with van der Waals surface area (Å²) in [6.07, 6.45) is 1.59. The first-order valence-electron chi connectivity index (χ1n) is 4.99. The molecule has 1 heterocycles. The highest BCUT2D eigenvalue weighted by atomic mass is 16.2. The standard InChI is InChI=1S/C9H8N2.C2H6.CH4O/c1-7-8-4-2-3-5-9(8)11-6-10-7;2*1-2/h2-6H,1H3;1-2H3;2H,1H3. The van der Waals surface area contributed by atoms with Crippen molar-refractivity contribution in [2.75, 3.05) is 7.11 Å². The Morgan fingerprint density at radius 3 is 2.20 bits per heavy atom. The third-order valence-electron chi connectivity index (χ3n) is 1.74. The van der Waals surface area contributed by atoms with Crippen molar-refractivity contribution in [2.24, 2.45) is 0 Å². The van der Waals surface area contributed by atoms with Gasteiger partial charge in [-0.15, -0.1) is 0 Å². The molecule has 0 saturated heterocycles. The zero-order valence-electron chi connectivity index (χ0n) is 9.73. The molecule has 0 aliphatic heterocycles. The fraction of sp³-hybridized carbons (Fsp3) is 0.333. The van der Waals surface area contributed by atoms with Gasteiger partial charge >= 0.3 is 0 Å². The Bertz CT molecular complexity index is 383. The van der Waals surface area contributed by atoms with Crippen LogP contribution >= 0.6 is 0 Å². The van der Waals surface area contributed by atoms with Crippen LogP contribution in [-0.4, -0.2) is 22.2 Å². The van der Waals surface area contributed by atoms with Crippen molar-refractivity contribution in [1.82, 2.24) is 9.97 Å². The number of para-hydroxylation sites is 1. The van der Waals surface area contributed by atoms with E-state index in [1.165, 1.54) is 0 Å². The van der Waals surface area contributed by atoms with E-state index in [-0.39, 0.29) is 0 Å². The van der Waals surface area contributed by atoms with E-state index in [4.69, 9.17) is 5.11 Å². The second-order valence-corrected chi connectivity index (χ2v) is 2.48. The summed E-state index contributed by atoms with van der Waals surface area (Å²) in [5.41, 5.74) is 2.05. The van der Waals surface area contributed by atoms with Crippen LogP contribution in [0.25, 0.3) is 10.9 Å². The number of aliphatic hydroxyl groups excluding tert-OH is 1. The average Bonchev–Trinajstić information content (AvgIpc) is 2.35. The second-order valence-electron chi connectivity index (χ2n) is 2.48. The van der Waals surface area contributed by atoms with Gasteiger partial charge in [0.15, 0.2) is 0 Å². The average molecular weight is 206 g/mol. The van der Waals surface area contributed by atoms with E-state index in [1.54, 1.807) is 6.33 Å². The summed E-state index contributed by atoms with van der Waals surface area (Å²) in [6, 6.07) is 8.00. The summed E-state index contributed by atoms with van der Waals surface area (Å²) >= 11 is 0. The predicted octanol–water partition coefficient (Wildman–Crippen LogP) is 2.57. The molecule has 0 spiro atoms. The molecule has 0 radical (unpaired) electrons. The van der Waals surface area contributed by atoms with E-state index < -0.39 is 0 Å². The van der Waals surface area contributed by atoms with Crippen LogP contribution in [-0.2, 0) is 0 Å². The van der Waals surface area contributed by atoms with Gasteiger partial charge in [0.25, 0.3) is 0 Å². The van der Waals surface area contributed by atoms with Crippen LogP contribution in [0.3, 0.4) is 0 Å². The van der Waals surface area contributed by atoms with Gasteiger partial charge in [0.05, 0.1) is 5.52 Å². The molecule has 0 bridgehead atoms. The lowest BCUT2D eigenvalue weighted by Gasteiger charge is -1.96. The number of fused-ring (bicyclic) bond motifs is 1. The third-order valence-corrected chi connectivity index (χ3v) is 1.74. The van der Waals surface area contributed by atoms with Crippen molar-refractivity contribution in [1.29, 1.82) is 0 Å². The van der Waals surface area contributed by atoms with Crippen molar-refractivity contribution in [3.05, 3.63) is 36.3 Å². The molecule has 0 aliphatic carbocycles. The largest absolute Gasteiger partial charge is 0.400 e. The Labute approximate surface area is 90.8 Å². The van der Waals surface area contributed by atoms with Gasteiger partial charge in [0.2, 0.25) is 0 Å². The molecule has 15 heavy (non-hydrogen) atoms. The Hall–Kier alpha value is -1.48. The number of aliphatic hydroxyl groups is 1. The van der Waals surface area contributed by atoms with Gasteiger partial charge < -0.3 is 5.11 Å². The number of hydrogen-bond donors (Lipinski definition) is 1. The van der Waals surface area contributed by atoms with Crippen LogP contribution < -0.4 is 0 Å². The first kappa shape index (κ1) is 13.5. The normalized spacial score (nSPS) is 8.33. The first-order chi connectivity index (χ1) is 7.38.